The molecule has 1 heterocycles. The monoisotopic (exact) mass is 513 g/mol. The summed E-state index contributed by atoms with van der Waals surface area (Å²) < 4.78 is 10.1. The Kier molecular flexibility index (Phi) is 10.0. The van der Waals surface area contributed by atoms with Crippen LogP contribution in [-0.2, 0) is 51.6 Å². The number of hydrogen-bond acceptors (Lipinski definition) is 3. The first-order valence-corrected chi connectivity index (χ1v) is 3.41. The van der Waals surface area contributed by atoms with Crippen molar-refractivity contribution in [1.29, 1.82) is 0 Å². The van der Waals surface area contributed by atoms with Crippen molar-refractivity contribution in [1.82, 2.24) is 0 Å². The smallest absolute Gasteiger partial charge is 0.0756 e. The van der Waals surface area contributed by atoms with Crippen LogP contribution in [0, 0.1) is 6.42 Å². The normalized spacial score (nSPS) is 33.8. The molecule has 1 N–H and O–H groups in total. The van der Waals surface area contributed by atoms with E-state index in [0.717, 1.165) is 0 Å². The van der Waals surface area contributed by atoms with Crippen molar-refractivity contribution in [2.45, 2.75) is 25.2 Å². The average Bonchev–Trinajstić information content (AvgIpc) is 2.13. The first kappa shape index (κ1) is 15.7. The molecule has 1 rings (SSSR count). The summed E-state index contributed by atoms with van der Waals surface area (Å²) in [7, 11) is 1.60. The van der Waals surface area contributed by atoms with Gasteiger partial charge in [0.2, 0.25) is 0 Å². The quantitative estimate of drug-likeness (QED) is 0.529. The Labute approximate surface area is 102 Å². The molecular weight excluding hydrogens is 500 g/mol. The fourth-order valence-electron chi connectivity index (χ4n) is 1.11. The molecule has 1 fully saturated rings. The van der Waals surface area contributed by atoms with E-state index in [9.17, 15) is 5.11 Å². The van der Waals surface area contributed by atoms with Crippen LogP contribution in [0.4, 0.5) is 0 Å². The molecule has 0 aromatic heterocycles. The number of methoxy groups -OCH3 is 1. The summed E-state index contributed by atoms with van der Waals surface area (Å²) in [6.07, 6.45) is 1.19. The predicted molar refractivity (Wildman–Crippen MR) is 36.5 cm³/mol. The van der Waals surface area contributed by atoms with Gasteiger partial charge in [0.15, 0.2) is 0 Å². The second kappa shape index (κ2) is 7.64. The van der Waals surface area contributed by atoms with Gasteiger partial charge in [-0.3, -0.25) is 6.42 Å². The van der Waals surface area contributed by atoms with Crippen molar-refractivity contribution >= 4 is 0 Å². The van der Waals surface area contributed by atoms with Crippen LogP contribution in [0.25, 0.3) is 0 Å². The van der Waals surface area contributed by atoms with Crippen LogP contribution < -0.4 is 0 Å². The van der Waals surface area contributed by atoms with Gasteiger partial charge in [-0.1, -0.05) is 13.0 Å². The van der Waals surface area contributed by atoms with E-state index in [0.29, 0.717) is 6.61 Å². The zero-order valence-electron chi connectivity index (χ0n) is 7.10. The van der Waals surface area contributed by atoms with E-state index >= 15 is 0 Å². The first-order valence-electron chi connectivity index (χ1n) is 3.41. The summed E-state index contributed by atoms with van der Waals surface area (Å²) >= 11 is 0. The standard InChI is InChI=1S/C7H13O3.2W/c1-5-3-6(8)7(10-5)4-9-2;;/h3,5-8H,4H2,1-2H3;;/q-1;;/t5-,6+,7+;;/m0../s1. The molecule has 0 aromatic carbocycles. The molecule has 0 radical (unpaired) electrons. The average molecular weight is 513 g/mol. The largest absolute Gasteiger partial charge is 0.422 e. The molecule has 0 aromatic rings. The van der Waals surface area contributed by atoms with E-state index in [4.69, 9.17) is 9.47 Å². The Morgan fingerprint density at radius 1 is 1.50 bits per heavy atom. The van der Waals surface area contributed by atoms with Crippen LogP contribution in [-0.4, -0.2) is 37.1 Å². The molecule has 0 unspecified atom stereocenters. The minimum Gasteiger partial charge on any atom is -0.422 e. The first-order chi connectivity index (χ1) is 4.74. The summed E-state index contributed by atoms with van der Waals surface area (Å²) in [4.78, 5) is 0. The van der Waals surface area contributed by atoms with Gasteiger partial charge >= 0.3 is 0 Å². The van der Waals surface area contributed by atoms with Gasteiger partial charge in [-0.2, -0.15) is 0 Å². The number of aliphatic hydroxyl groups excluding tert-OH is 1. The van der Waals surface area contributed by atoms with Crippen molar-refractivity contribution in [2.24, 2.45) is 0 Å². The maximum atomic E-state index is 9.23. The third-order valence-electron chi connectivity index (χ3n) is 1.57. The van der Waals surface area contributed by atoms with Crippen molar-refractivity contribution in [3.05, 3.63) is 6.42 Å². The SMILES string of the molecule is COC[C@H]1O[C@@H](C)[CH-][C@H]1O.[W].[W]. The number of ether oxygens (including phenoxy) is 2. The Hall–Kier alpha value is 1.26. The zero-order chi connectivity index (χ0) is 7.56. The van der Waals surface area contributed by atoms with Gasteiger partial charge in [0.1, 0.15) is 0 Å². The molecule has 3 atom stereocenters. The van der Waals surface area contributed by atoms with Crippen LogP contribution in [0.2, 0.25) is 0 Å². The van der Waals surface area contributed by atoms with Gasteiger partial charge in [0, 0.05) is 49.2 Å². The van der Waals surface area contributed by atoms with E-state index in [2.05, 4.69) is 0 Å². The van der Waals surface area contributed by atoms with E-state index in [1.165, 1.54) is 0 Å². The molecule has 72 valence electrons. The second-order valence-corrected chi connectivity index (χ2v) is 2.52. The molecule has 1 aliphatic heterocycles. The molecule has 1 saturated heterocycles. The molecule has 12 heavy (non-hydrogen) atoms. The van der Waals surface area contributed by atoms with E-state index in [1.807, 2.05) is 6.92 Å². The van der Waals surface area contributed by atoms with Gasteiger partial charge in [0.05, 0.1) is 12.7 Å². The number of rotatable bonds is 2. The fourth-order valence-corrected chi connectivity index (χ4v) is 1.11. The Morgan fingerprint density at radius 3 is 2.42 bits per heavy atom. The minimum atomic E-state index is -0.463. The van der Waals surface area contributed by atoms with Crippen molar-refractivity contribution in [3.63, 3.8) is 0 Å². The second-order valence-electron chi connectivity index (χ2n) is 2.52. The Morgan fingerprint density at radius 2 is 2.08 bits per heavy atom. The van der Waals surface area contributed by atoms with Crippen molar-refractivity contribution in [2.75, 3.05) is 13.7 Å². The van der Waals surface area contributed by atoms with Crippen LogP contribution in [0.1, 0.15) is 6.92 Å². The topological polar surface area (TPSA) is 38.7 Å². The van der Waals surface area contributed by atoms with Gasteiger partial charge in [-0.25, -0.2) is 0 Å². The molecule has 0 spiro atoms. The number of aliphatic hydroxyl groups is 1. The minimum absolute atomic E-state index is 0. The van der Waals surface area contributed by atoms with Crippen LogP contribution in [0.15, 0.2) is 0 Å². The third kappa shape index (κ3) is 4.48. The summed E-state index contributed by atoms with van der Waals surface area (Å²) in [6.45, 7) is 2.36. The van der Waals surface area contributed by atoms with E-state index in [1.54, 1.807) is 13.5 Å². The summed E-state index contributed by atoms with van der Waals surface area (Å²) in [5.74, 6) is 0. The molecular formula is C7H13O3W2-. The fraction of sp³-hybridized carbons (Fsp3) is 0.857. The van der Waals surface area contributed by atoms with Gasteiger partial charge in [-0.05, 0) is 6.10 Å². The molecule has 3 nitrogen and oxygen atoms in total. The maximum absolute atomic E-state index is 9.23. The Bertz CT molecular complexity index is 113. The summed E-state index contributed by atoms with van der Waals surface area (Å²) in [6, 6.07) is 0. The van der Waals surface area contributed by atoms with E-state index in [-0.39, 0.29) is 54.3 Å². The molecule has 5 heteroatoms. The molecule has 1 aliphatic rings. The number of hydrogen-bond donors (Lipinski definition) is 1. The van der Waals surface area contributed by atoms with Gasteiger partial charge in [0.25, 0.3) is 0 Å². The molecule has 0 aliphatic carbocycles. The van der Waals surface area contributed by atoms with Crippen LogP contribution >= 0.6 is 0 Å². The third-order valence-corrected chi connectivity index (χ3v) is 1.57. The Balaban J connectivity index is 0. The van der Waals surface area contributed by atoms with Gasteiger partial charge < -0.3 is 14.6 Å². The van der Waals surface area contributed by atoms with Crippen LogP contribution in [0.5, 0.6) is 0 Å². The molecule has 0 amide bonds. The van der Waals surface area contributed by atoms with Crippen LogP contribution in [0.3, 0.4) is 0 Å². The molecule has 0 saturated carbocycles. The van der Waals surface area contributed by atoms with Crippen molar-refractivity contribution < 1.29 is 56.7 Å². The van der Waals surface area contributed by atoms with Crippen molar-refractivity contribution in [3.8, 4) is 0 Å². The maximum Gasteiger partial charge on any atom is 0.0756 e. The van der Waals surface area contributed by atoms with E-state index < -0.39 is 6.10 Å². The predicted octanol–water partition coefficient (Wildman–Crippen LogP) is -0.0197. The van der Waals surface area contributed by atoms with Gasteiger partial charge in [-0.15, -0.1) is 0 Å². The zero-order valence-corrected chi connectivity index (χ0v) is 13.0. The summed E-state index contributed by atoms with van der Waals surface area (Å²) in [5.41, 5.74) is 0. The summed E-state index contributed by atoms with van der Waals surface area (Å²) in [5, 5.41) is 9.23. The molecule has 0 bridgehead atoms.